The highest BCUT2D eigenvalue weighted by Gasteiger charge is 2.35. The van der Waals surface area contributed by atoms with Crippen molar-refractivity contribution >= 4 is 24.2 Å². The lowest BCUT2D eigenvalue weighted by Gasteiger charge is -2.43. The number of halogens is 1. The molecule has 22 heavy (non-hydrogen) atoms. The predicted molar refractivity (Wildman–Crippen MR) is 88.6 cm³/mol. The second-order valence-corrected chi connectivity index (χ2v) is 7.18. The van der Waals surface area contributed by atoms with E-state index in [1.165, 1.54) is 0 Å². The number of carbonyl (C=O) groups excluding carboxylic acids is 2. The van der Waals surface area contributed by atoms with E-state index in [-0.39, 0.29) is 41.6 Å². The number of primary amides is 1. The number of hydrogen-bond donors (Lipinski definition) is 2. The van der Waals surface area contributed by atoms with Crippen molar-refractivity contribution in [2.75, 3.05) is 32.7 Å². The van der Waals surface area contributed by atoms with Crippen LogP contribution in [0.1, 0.15) is 33.1 Å². The molecular formula is C15H29ClN4O2. The Morgan fingerprint density at radius 1 is 1.23 bits per heavy atom. The maximum absolute atomic E-state index is 12.4. The standard InChI is InChI=1S/C15H28N4O2.ClH/c1-15(2)10-18(7-5-12(15)16)9-13(20)19-6-3-4-11(8-19)14(17)21;/h11-12H,3-10,16H2,1-2H3,(H2,17,21);1H. The van der Waals surface area contributed by atoms with Gasteiger partial charge < -0.3 is 16.4 Å². The molecule has 6 nitrogen and oxygen atoms in total. The van der Waals surface area contributed by atoms with Gasteiger partial charge in [0.25, 0.3) is 0 Å². The van der Waals surface area contributed by atoms with Crippen LogP contribution < -0.4 is 11.5 Å². The number of piperidine rings is 2. The van der Waals surface area contributed by atoms with Crippen LogP contribution in [0.4, 0.5) is 0 Å². The van der Waals surface area contributed by atoms with Gasteiger partial charge in [0.05, 0.1) is 12.5 Å². The largest absolute Gasteiger partial charge is 0.369 e. The fraction of sp³-hybridized carbons (Fsp3) is 0.867. The molecule has 2 amide bonds. The number of hydrogen-bond acceptors (Lipinski definition) is 4. The van der Waals surface area contributed by atoms with Crippen LogP contribution in [0.15, 0.2) is 0 Å². The minimum Gasteiger partial charge on any atom is -0.369 e. The van der Waals surface area contributed by atoms with Gasteiger partial charge in [0.15, 0.2) is 0 Å². The van der Waals surface area contributed by atoms with E-state index in [0.717, 1.165) is 38.9 Å². The lowest BCUT2D eigenvalue weighted by Crippen LogP contribution is -2.55. The third kappa shape index (κ3) is 4.57. The van der Waals surface area contributed by atoms with Gasteiger partial charge in [0, 0.05) is 32.2 Å². The highest BCUT2D eigenvalue weighted by Crippen LogP contribution is 2.27. The zero-order chi connectivity index (χ0) is 15.6. The monoisotopic (exact) mass is 332 g/mol. The topological polar surface area (TPSA) is 92.7 Å². The number of likely N-dealkylation sites (tertiary alicyclic amines) is 2. The van der Waals surface area contributed by atoms with Crippen molar-refractivity contribution in [2.24, 2.45) is 22.8 Å². The van der Waals surface area contributed by atoms with E-state index in [1.54, 1.807) is 4.90 Å². The van der Waals surface area contributed by atoms with Gasteiger partial charge in [-0.05, 0) is 24.7 Å². The second kappa shape index (κ2) is 7.62. The fourth-order valence-electron chi connectivity index (χ4n) is 3.35. The average Bonchev–Trinajstić information content (AvgIpc) is 2.42. The van der Waals surface area contributed by atoms with Gasteiger partial charge in [-0.25, -0.2) is 0 Å². The zero-order valence-electron chi connectivity index (χ0n) is 13.6. The fourth-order valence-corrected chi connectivity index (χ4v) is 3.35. The molecule has 2 aliphatic heterocycles. The molecule has 0 aromatic carbocycles. The van der Waals surface area contributed by atoms with Crippen LogP contribution in [-0.4, -0.2) is 60.4 Å². The molecule has 0 aromatic rings. The first kappa shape index (κ1) is 19.2. The van der Waals surface area contributed by atoms with E-state index in [2.05, 4.69) is 18.7 Å². The Morgan fingerprint density at radius 3 is 2.50 bits per heavy atom. The second-order valence-electron chi connectivity index (χ2n) is 7.18. The molecule has 0 saturated carbocycles. The van der Waals surface area contributed by atoms with Crippen molar-refractivity contribution < 1.29 is 9.59 Å². The number of nitrogens with two attached hydrogens (primary N) is 2. The molecule has 128 valence electrons. The van der Waals surface area contributed by atoms with Crippen LogP contribution in [0.3, 0.4) is 0 Å². The molecule has 0 spiro atoms. The third-order valence-electron chi connectivity index (χ3n) is 4.93. The van der Waals surface area contributed by atoms with E-state index in [4.69, 9.17) is 11.5 Å². The van der Waals surface area contributed by atoms with Crippen LogP contribution in [-0.2, 0) is 9.59 Å². The molecule has 2 saturated heterocycles. The highest BCUT2D eigenvalue weighted by molar-refractivity contribution is 5.85. The first-order valence-electron chi connectivity index (χ1n) is 7.84. The highest BCUT2D eigenvalue weighted by atomic mass is 35.5. The SMILES string of the molecule is CC1(C)CN(CC(=O)N2CCCC(C(N)=O)C2)CCC1N.Cl. The molecule has 7 heteroatoms. The van der Waals surface area contributed by atoms with Crippen LogP contribution >= 0.6 is 12.4 Å². The summed E-state index contributed by atoms with van der Waals surface area (Å²) in [6.07, 6.45) is 2.57. The summed E-state index contributed by atoms with van der Waals surface area (Å²) >= 11 is 0. The minimum atomic E-state index is -0.294. The molecule has 2 fully saturated rings. The summed E-state index contributed by atoms with van der Waals surface area (Å²) in [4.78, 5) is 27.7. The van der Waals surface area contributed by atoms with E-state index in [0.29, 0.717) is 13.1 Å². The number of amides is 2. The lowest BCUT2D eigenvalue weighted by molar-refractivity contribution is -0.136. The van der Waals surface area contributed by atoms with Crippen LogP contribution in [0.25, 0.3) is 0 Å². The molecule has 0 radical (unpaired) electrons. The Balaban J connectivity index is 0.00000242. The number of rotatable bonds is 3. The van der Waals surface area contributed by atoms with Crippen molar-refractivity contribution in [3.63, 3.8) is 0 Å². The summed E-state index contributed by atoms with van der Waals surface area (Å²) < 4.78 is 0. The van der Waals surface area contributed by atoms with Crippen LogP contribution in [0.2, 0.25) is 0 Å². The van der Waals surface area contributed by atoms with E-state index < -0.39 is 0 Å². The molecule has 2 heterocycles. The summed E-state index contributed by atoms with van der Waals surface area (Å²) in [7, 11) is 0. The van der Waals surface area contributed by atoms with Gasteiger partial charge >= 0.3 is 0 Å². The Kier molecular flexibility index (Phi) is 6.65. The maximum atomic E-state index is 12.4. The normalized spacial score (nSPS) is 28.8. The summed E-state index contributed by atoms with van der Waals surface area (Å²) in [5, 5.41) is 0. The van der Waals surface area contributed by atoms with Gasteiger partial charge in [-0.2, -0.15) is 0 Å². The van der Waals surface area contributed by atoms with Crippen molar-refractivity contribution in [3.8, 4) is 0 Å². The van der Waals surface area contributed by atoms with Crippen molar-refractivity contribution in [2.45, 2.75) is 39.2 Å². The van der Waals surface area contributed by atoms with E-state index in [9.17, 15) is 9.59 Å². The minimum absolute atomic E-state index is 0. The molecule has 4 N–H and O–H groups in total. The van der Waals surface area contributed by atoms with Crippen molar-refractivity contribution in [3.05, 3.63) is 0 Å². The van der Waals surface area contributed by atoms with Gasteiger partial charge in [-0.15, -0.1) is 12.4 Å². The van der Waals surface area contributed by atoms with E-state index >= 15 is 0 Å². The molecule has 0 aliphatic carbocycles. The third-order valence-corrected chi connectivity index (χ3v) is 4.93. The quantitative estimate of drug-likeness (QED) is 0.771. The van der Waals surface area contributed by atoms with Gasteiger partial charge in [0.2, 0.25) is 11.8 Å². The lowest BCUT2D eigenvalue weighted by atomic mass is 9.80. The zero-order valence-corrected chi connectivity index (χ0v) is 14.4. The number of nitrogens with zero attached hydrogens (tertiary/aromatic N) is 2. The summed E-state index contributed by atoms with van der Waals surface area (Å²) in [5.41, 5.74) is 11.5. The molecule has 2 unspecified atom stereocenters. The van der Waals surface area contributed by atoms with Crippen LogP contribution in [0.5, 0.6) is 0 Å². The molecule has 2 rings (SSSR count). The summed E-state index contributed by atoms with van der Waals surface area (Å²) in [6.45, 7) is 7.64. The smallest absolute Gasteiger partial charge is 0.236 e. The van der Waals surface area contributed by atoms with Crippen molar-refractivity contribution in [1.82, 2.24) is 9.80 Å². The Morgan fingerprint density at radius 2 is 1.91 bits per heavy atom. The molecular weight excluding hydrogens is 304 g/mol. The Bertz CT molecular complexity index is 416. The Labute approximate surface area is 139 Å². The van der Waals surface area contributed by atoms with Crippen molar-refractivity contribution in [1.29, 1.82) is 0 Å². The average molecular weight is 333 g/mol. The first-order valence-corrected chi connectivity index (χ1v) is 7.84. The van der Waals surface area contributed by atoms with Gasteiger partial charge in [0.1, 0.15) is 0 Å². The molecule has 0 aromatic heterocycles. The Hall–Kier alpha value is -0.850. The van der Waals surface area contributed by atoms with Crippen LogP contribution in [0, 0.1) is 11.3 Å². The summed E-state index contributed by atoms with van der Waals surface area (Å²) in [6, 6.07) is 0.193. The maximum Gasteiger partial charge on any atom is 0.236 e. The molecule has 2 atom stereocenters. The van der Waals surface area contributed by atoms with E-state index in [1.807, 2.05) is 0 Å². The first-order chi connectivity index (χ1) is 9.79. The van der Waals surface area contributed by atoms with Gasteiger partial charge in [-0.1, -0.05) is 13.8 Å². The molecule has 2 aliphatic rings. The van der Waals surface area contributed by atoms with Gasteiger partial charge in [-0.3, -0.25) is 14.5 Å². The number of carbonyl (C=O) groups is 2. The summed E-state index contributed by atoms with van der Waals surface area (Å²) in [5.74, 6) is -0.376. The molecule has 0 bridgehead atoms. The predicted octanol–water partition coefficient (Wildman–Crippen LogP) is 0.191.